The van der Waals surface area contributed by atoms with Crippen molar-refractivity contribution in [3.8, 4) is 0 Å². The van der Waals surface area contributed by atoms with Crippen molar-refractivity contribution >= 4 is 34.8 Å². The van der Waals surface area contributed by atoms with Crippen LogP contribution in [0, 0.1) is 16.7 Å². The summed E-state index contributed by atoms with van der Waals surface area (Å²) in [6.07, 6.45) is 0. The fourth-order valence-electron chi connectivity index (χ4n) is 1.66. The number of hydrogen-bond donors (Lipinski definition) is 6. The van der Waals surface area contributed by atoms with Gasteiger partial charge >= 0.3 is 0 Å². The maximum absolute atomic E-state index is 12.2. The second-order valence-electron chi connectivity index (χ2n) is 4.87. The van der Waals surface area contributed by atoms with E-state index in [-0.39, 0.29) is 19.0 Å². The van der Waals surface area contributed by atoms with Crippen LogP contribution in [0.2, 0.25) is 0 Å². The lowest BCUT2D eigenvalue weighted by Crippen LogP contribution is -2.42. The summed E-state index contributed by atoms with van der Waals surface area (Å²) in [6.45, 7) is 3.71. The molecule has 0 aliphatic rings. The normalized spacial score (nSPS) is 10.4. The van der Waals surface area contributed by atoms with Crippen molar-refractivity contribution in [2.75, 3.05) is 6.54 Å². The Morgan fingerprint density at radius 2 is 2.00 bits per heavy atom. The van der Waals surface area contributed by atoms with Gasteiger partial charge in [0.05, 0.1) is 6.54 Å². The molecule has 9 heteroatoms. The van der Waals surface area contributed by atoms with E-state index in [0.29, 0.717) is 16.2 Å². The molecule has 1 aromatic rings. The molecule has 0 unspecified atom stereocenters. The standard InChI is InChI=1S/C13H20N6O2S/c1-6(2)10(15)8-3-7(4-14)22-11(8)12(21)18-5-9(20)19-13(16)17/h3,6,15H,4-5,14H2,1-2H3,(H,18,21)(H4,16,17,19,20). The Balaban J connectivity index is 2.88. The molecule has 0 saturated heterocycles. The van der Waals surface area contributed by atoms with Crippen molar-refractivity contribution < 1.29 is 9.59 Å². The van der Waals surface area contributed by atoms with E-state index in [1.807, 2.05) is 13.8 Å². The highest BCUT2D eigenvalue weighted by molar-refractivity contribution is 7.14. The molecule has 1 aromatic heterocycles. The summed E-state index contributed by atoms with van der Waals surface area (Å²) in [5.74, 6) is -1.56. The van der Waals surface area contributed by atoms with Crippen molar-refractivity contribution in [3.63, 3.8) is 0 Å². The monoisotopic (exact) mass is 324 g/mol. The predicted molar refractivity (Wildman–Crippen MR) is 86.3 cm³/mol. The lowest BCUT2D eigenvalue weighted by Gasteiger charge is -2.09. The minimum Gasteiger partial charge on any atom is -0.370 e. The molecule has 0 saturated carbocycles. The topological polar surface area (TPSA) is 158 Å². The molecule has 0 spiro atoms. The molecule has 1 heterocycles. The highest BCUT2D eigenvalue weighted by Crippen LogP contribution is 2.24. The van der Waals surface area contributed by atoms with Crippen molar-refractivity contribution in [1.29, 1.82) is 10.8 Å². The third-order valence-electron chi connectivity index (χ3n) is 2.74. The quantitative estimate of drug-likeness (QED) is 0.320. The zero-order valence-electron chi connectivity index (χ0n) is 12.4. The number of guanidine groups is 1. The van der Waals surface area contributed by atoms with Gasteiger partial charge in [-0.05, 0) is 12.0 Å². The number of nitrogens with two attached hydrogens (primary N) is 2. The zero-order valence-corrected chi connectivity index (χ0v) is 13.3. The van der Waals surface area contributed by atoms with Gasteiger partial charge in [-0.15, -0.1) is 11.3 Å². The first-order valence-corrected chi connectivity index (χ1v) is 7.41. The summed E-state index contributed by atoms with van der Waals surface area (Å²) in [5, 5.41) is 19.5. The van der Waals surface area contributed by atoms with Crippen LogP contribution in [-0.2, 0) is 11.3 Å². The lowest BCUT2D eigenvalue weighted by atomic mass is 10.00. The molecule has 1 rings (SSSR count). The molecule has 0 fully saturated rings. The first-order valence-electron chi connectivity index (χ1n) is 6.59. The Bertz CT molecular complexity index is 608. The third-order valence-corrected chi connectivity index (χ3v) is 3.90. The molecule has 0 aliphatic heterocycles. The van der Waals surface area contributed by atoms with Gasteiger partial charge in [-0.25, -0.2) is 0 Å². The van der Waals surface area contributed by atoms with Crippen LogP contribution in [0.15, 0.2) is 6.07 Å². The van der Waals surface area contributed by atoms with E-state index in [1.165, 1.54) is 11.3 Å². The number of thiophene rings is 1. The van der Waals surface area contributed by atoms with Gasteiger partial charge in [0.25, 0.3) is 5.91 Å². The highest BCUT2D eigenvalue weighted by atomic mass is 32.1. The van der Waals surface area contributed by atoms with E-state index in [2.05, 4.69) is 10.6 Å². The molecule has 8 N–H and O–H groups in total. The van der Waals surface area contributed by atoms with Crippen LogP contribution in [-0.4, -0.2) is 30.0 Å². The van der Waals surface area contributed by atoms with E-state index in [1.54, 1.807) is 6.07 Å². The number of carbonyl (C=O) groups is 2. The van der Waals surface area contributed by atoms with Crippen LogP contribution in [0.3, 0.4) is 0 Å². The fourth-order valence-corrected chi connectivity index (χ4v) is 2.62. The molecule has 0 radical (unpaired) electrons. The molecule has 22 heavy (non-hydrogen) atoms. The van der Waals surface area contributed by atoms with Crippen LogP contribution < -0.4 is 22.1 Å². The number of carbonyl (C=O) groups excluding carboxylic acids is 2. The van der Waals surface area contributed by atoms with Gasteiger partial charge in [0.2, 0.25) is 5.91 Å². The molecular weight excluding hydrogens is 304 g/mol. The van der Waals surface area contributed by atoms with E-state index in [0.717, 1.165) is 4.88 Å². The minimum atomic E-state index is -0.586. The third kappa shape index (κ3) is 4.64. The Morgan fingerprint density at radius 3 is 2.50 bits per heavy atom. The molecule has 2 amide bonds. The number of nitrogens with one attached hydrogen (secondary N) is 4. The van der Waals surface area contributed by atoms with Gasteiger partial charge in [-0.3, -0.25) is 20.3 Å². The molecule has 8 nitrogen and oxygen atoms in total. The van der Waals surface area contributed by atoms with Gasteiger partial charge < -0.3 is 22.2 Å². The molecule has 0 aliphatic carbocycles. The summed E-state index contributed by atoms with van der Waals surface area (Å²) in [4.78, 5) is 24.7. The Labute approximate surface area is 132 Å². The SMILES string of the molecule is CC(C)C(=N)c1cc(CN)sc1C(=O)NCC(=O)NC(=N)N. The maximum Gasteiger partial charge on any atom is 0.262 e. The van der Waals surface area contributed by atoms with Crippen molar-refractivity contribution in [2.45, 2.75) is 20.4 Å². The van der Waals surface area contributed by atoms with Crippen molar-refractivity contribution in [2.24, 2.45) is 17.4 Å². The van der Waals surface area contributed by atoms with E-state index in [9.17, 15) is 9.59 Å². The van der Waals surface area contributed by atoms with Crippen molar-refractivity contribution in [1.82, 2.24) is 10.6 Å². The average Bonchev–Trinajstić information content (AvgIpc) is 2.87. The number of amides is 2. The van der Waals surface area contributed by atoms with Gasteiger partial charge in [0, 0.05) is 22.7 Å². The van der Waals surface area contributed by atoms with Crippen LogP contribution in [0.1, 0.15) is 34.0 Å². The average molecular weight is 324 g/mol. The van der Waals surface area contributed by atoms with Crippen molar-refractivity contribution in [3.05, 3.63) is 21.4 Å². The Morgan fingerprint density at radius 1 is 1.36 bits per heavy atom. The summed E-state index contributed by atoms with van der Waals surface area (Å²) in [7, 11) is 0. The molecule has 0 bridgehead atoms. The first-order chi connectivity index (χ1) is 10.3. The molecule has 120 valence electrons. The molecule has 0 atom stereocenters. The summed E-state index contributed by atoms with van der Waals surface area (Å²) >= 11 is 1.20. The highest BCUT2D eigenvalue weighted by Gasteiger charge is 2.21. The largest absolute Gasteiger partial charge is 0.370 e. The summed E-state index contributed by atoms with van der Waals surface area (Å²) < 4.78 is 0. The number of hydrogen-bond acceptors (Lipinski definition) is 6. The molecular formula is C13H20N6O2S. The zero-order chi connectivity index (χ0) is 16.9. The van der Waals surface area contributed by atoms with E-state index < -0.39 is 17.8 Å². The molecule has 0 aromatic carbocycles. The van der Waals surface area contributed by atoms with E-state index in [4.69, 9.17) is 22.3 Å². The summed E-state index contributed by atoms with van der Waals surface area (Å²) in [6, 6.07) is 1.73. The lowest BCUT2D eigenvalue weighted by molar-refractivity contribution is -0.118. The first kappa shape index (κ1) is 17.8. The van der Waals surface area contributed by atoms with Gasteiger partial charge in [-0.1, -0.05) is 13.8 Å². The van der Waals surface area contributed by atoms with Gasteiger partial charge in [0.15, 0.2) is 5.96 Å². The van der Waals surface area contributed by atoms with Gasteiger partial charge in [-0.2, -0.15) is 0 Å². The maximum atomic E-state index is 12.2. The predicted octanol–water partition coefficient (Wildman–Crippen LogP) is -0.0299. The van der Waals surface area contributed by atoms with Gasteiger partial charge in [0.1, 0.15) is 4.88 Å². The second-order valence-corrected chi connectivity index (χ2v) is 6.01. The fraction of sp³-hybridized carbons (Fsp3) is 0.385. The van der Waals surface area contributed by atoms with Crippen LogP contribution in [0.4, 0.5) is 0 Å². The Kier molecular flexibility index (Phi) is 6.20. The van der Waals surface area contributed by atoms with E-state index >= 15 is 0 Å². The minimum absolute atomic E-state index is 0.0345. The number of rotatable bonds is 6. The smallest absolute Gasteiger partial charge is 0.262 e. The summed E-state index contributed by atoms with van der Waals surface area (Å²) in [5.41, 5.74) is 11.5. The van der Waals surface area contributed by atoms with Crippen LogP contribution >= 0.6 is 11.3 Å². The van der Waals surface area contributed by atoms with Crippen LogP contribution in [0.25, 0.3) is 0 Å². The van der Waals surface area contributed by atoms with Crippen LogP contribution in [0.5, 0.6) is 0 Å². The Hall–Kier alpha value is -2.26. The second kappa shape index (κ2) is 7.66.